The van der Waals surface area contributed by atoms with E-state index in [0.717, 1.165) is 27.4 Å². The zero-order valence-corrected chi connectivity index (χ0v) is 9.19. The number of hydrogen-bond acceptors (Lipinski definition) is 2. The molecule has 0 amide bonds. The molecule has 3 rings (SSSR count). The molecule has 4 heteroatoms. The number of nitrogens with one attached hydrogen (secondary N) is 1. The molecule has 2 heterocycles. The van der Waals surface area contributed by atoms with Crippen LogP contribution in [0, 0.1) is 6.92 Å². The highest BCUT2D eigenvalue weighted by atomic mass is 16.4. The third-order valence-corrected chi connectivity index (χ3v) is 3.01. The van der Waals surface area contributed by atoms with Gasteiger partial charge in [0.2, 0.25) is 0 Å². The number of rotatable bonds is 1. The molecule has 3 aromatic rings. The molecule has 1 aromatic carbocycles. The standard InChI is InChI=1S/C13H10N2O2/c1-7-11-8-3-2-6-14-9(8)4-5-10(11)15-12(7)13(16)17/h2-6,15H,1H3,(H,16,17). The second kappa shape index (κ2) is 3.31. The Labute approximate surface area is 96.9 Å². The number of aromatic carboxylic acids is 1. The van der Waals surface area contributed by atoms with E-state index in [0.29, 0.717) is 0 Å². The number of carbonyl (C=O) groups is 1. The summed E-state index contributed by atoms with van der Waals surface area (Å²) < 4.78 is 0. The predicted octanol–water partition coefficient (Wildman–Crippen LogP) is 2.72. The van der Waals surface area contributed by atoms with Crippen LogP contribution in [0.5, 0.6) is 0 Å². The lowest BCUT2D eigenvalue weighted by Gasteiger charge is -1.99. The first kappa shape index (κ1) is 9.84. The molecule has 84 valence electrons. The number of aromatic amines is 1. The summed E-state index contributed by atoms with van der Waals surface area (Å²) in [6.45, 7) is 1.81. The quantitative estimate of drug-likeness (QED) is 0.670. The fourth-order valence-electron chi connectivity index (χ4n) is 2.23. The van der Waals surface area contributed by atoms with E-state index in [9.17, 15) is 4.79 Å². The Bertz CT molecular complexity index is 744. The summed E-state index contributed by atoms with van der Waals surface area (Å²) >= 11 is 0. The minimum absolute atomic E-state index is 0.247. The molecule has 0 atom stereocenters. The van der Waals surface area contributed by atoms with Crippen molar-refractivity contribution < 1.29 is 9.90 Å². The number of fused-ring (bicyclic) bond motifs is 3. The van der Waals surface area contributed by atoms with Crippen molar-refractivity contribution in [1.82, 2.24) is 9.97 Å². The molecule has 17 heavy (non-hydrogen) atoms. The number of H-pyrrole nitrogens is 1. The molecule has 0 unspecified atom stereocenters. The first-order valence-corrected chi connectivity index (χ1v) is 5.28. The van der Waals surface area contributed by atoms with E-state index in [4.69, 9.17) is 5.11 Å². The van der Waals surface area contributed by atoms with E-state index in [1.165, 1.54) is 0 Å². The molecule has 0 saturated carbocycles. The summed E-state index contributed by atoms with van der Waals surface area (Å²) in [7, 11) is 0. The van der Waals surface area contributed by atoms with Gasteiger partial charge >= 0.3 is 5.97 Å². The van der Waals surface area contributed by atoms with Gasteiger partial charge < -0.3 is 10.1 Å². The average Bonchev–Trinajstić information content (AvgIpc) is 2.67. The normalized spacial score (nSPS) is 11.1. The molecule has 2 aromatic heterocycles. The Morgan fingerprint density at radius 3 is 2.94 bits per heavy atom. The fraction of sp³-hybridized carbons (Fsp3) is 0.0769. The van der Waals surface area contributed by atoms with Gasteiger partial charge in [0.25, 0.3) is 0 Å². The predicted molar refractivity (Wildman–Crippen MR) is 65.3 cm³/mol. The monoisotopic (exact) mass is 226 g/mol. The molecule has 4 nitrogen and oxygen atoms in total. The van der Waals surface area contributed by atoms with Crippen LogP contribution in [-0.4, -0.2) is 21.0 Å². The lowest BCUT2D eigenvalue weighted by Crippen LogP contribution is -1.98. The Hall–Kier alpha value is -2.36. The van der Waals surface area contributed by atoms with E-state index in [1.54, 1.807) is 6.20 Å². The number of carboxylic acid groups (broad SMARTS) is 1. The van der Waals surface area contributed by atoms with Crippen LogP contribution in [-0.2, 0) is 0 Å². The summed E-state index contributed by atoms with van der Waals surface area (Å²) in [5.41, 5.74) is 2.71. The third kappa shape index (κ3) is 1.30. The van der Waals surface area contributed by atoms with Crippen LogP contribution in [0.2, 0.25) is 0 Å². The maximum absolute atomic E-state index is 11.1. The average molecular weight is 226 g/mol. The van der Waals surface area contributed by atoms with Crippen LogP contribution in [0.1, 0.15) is 16.1 Å². The van der Waals surface area contributed by atoms with Crippen LogP contribution in [0.4, 0.5) is 0 Å². The molecular formula is C13H10N2O2. The summed E-state index contributed by atoms with van der Waals surface area (Å²) in [5, 5.41) is 11.0. The number of carboxylic acids is 1. The minimum atomic E-state index is -0.934. The summed E-state index contributed by atoms with van der Waals surface area (Å²) in [4.78, 5) is 18.3. The Balaban J connectivity index is 2.53. The van der Waals surface area contributed by atoms with Crippen molar-refractivity contribution in [3.8, 4) is 0 Å². The molecule has 0 bridgehead atoms. The van der Waals surface area contributed by atoms with Gasteiger partial charge in [0.05, 0.1) is 5.52 Å². The number of pyridine rings is 1. The maximum atomic E-state index is 11.1. The Morgan fingerprint density at radius 1 is 1.35 bits per heavy atom. The second-order valence-electron chi connectivity index (χ2n) is 3.99. The van der Waals surface area contributed by atoms with Gasteiger partial charge in [0.1, 0.15) is 5.69 Å². The van der Waals surface area contributed by atoms with E-state index in [2.05, 4.69) is 9.97 Å². The molecule has 0 saturated heterocycles. The molecule has 0 aliphatic rings. The van der Waals surface area contributed by atoms with Gasteiger partial charge in [-0.15, -0.1) is 0 Å². The highest BCUT2D eigenvalue weighted by molar-refractivity contribution is 6.10. The zero-order valence-electron chi connectivity index (χ0n) is 9.19. The van der Waals surface area contributed by atoms with Crippen molar-refractivity contribution in [2.75, 3.05) is 0 Å². The van der Waals surface area contributed by atoms with Gasteiger partial charge in [-0.25, -0.2) is 4.79 Å². The van der Waals surface area contributed by atoms with Crippen molar-refractivity contribution in [3.63, 3.8) is 0 Å². The highest BCUT2D eigenvalue weighted by Gasteiger charge is 2.15. The molecule has 0 aliphatic heterocycles. The van der Waals surface area contributed by atoms with Gasteiger partial charge in [0.15, 0.2) is 0 Å². The van der Waals surface area contributed by atoms with Gasteiger partial charge in [-0.05, 0) is 30.7 Å². The Kier molecular flexibility index (Phi) is 1.92. The van der Waals surface area contributed by atoms with Crippen molar-refractivity contribution in [2.45, 2.75) is 6.92 Å². The minimum Gasteiger partial charge on any atom is -0.477 e. The molecular weight excluding hydrogens is 216 g/mol. The van der Waals surface area contributed by atoms with E-state index >= 15 is 0 Å². The lowest BCUT2D eigenvalue weighted by molar-refractivity contribution is 0.0691. The van der Waals surface area contributed by atoms with Gasteiger partial charge in [-0.3, -0.25) is 4.98 Å². The second-order valence-corrected chi connectivity index (χ2v) is 3.99. The van der Waals surface area contributed by atoms with E-state index < -0.39 is 5.97 Å². The van der Waals surface area contributed by atoms with Crippen LogP contribution in [0.15, 0.2) is 30.5 Å². The van der Waals surface area contributed by atoms with Crippen LogP contribution in [0.3, 0.4) is 0 Å². The van der Waals surface area contributed by atoms with Crippen molar-refractivity contribution >= 4 is 27.8 Å². The van der Waals surface area contributed by atoms with Crippen LogP contribution in [0.25, 0.3) is 21.8 Å². The van der Waals surface area contributed by atoms with Crippen molar-refractivity contribution in [1.29, 1.82) is 0 Å². The van der Waals surface area contributed by atoms with Crippen LogP contribution < -0.4 is 0 Å². The highest BCUT2D eigenvalue weighted by Crippen LogP contribution is 2.28. The Morgan fingerprint density at radius 2 is 2.18 bits per heavy atom. The fourth-order valence-corrected chi connectivity index (χ4v) is 2.23. The van der Waals surface area contributed by atoms with Gasteiger partial charge in [0, 0.05) is 22.5 Å². The van der Waals surface area contributed by atoms with Gasteiger partial charge in [-0.1, -0.05) is 6.07 Å². The topological polar surface area (TPSA) is 66.0 Å². The first-order valence-electron chi connectivity index (χ1n) is 5.28. The largest absolute Gasteiger partial charge is 0.477 e. The smallest absolute Gasteiger partial charge is 0.352 e. The summed E-state index contributed by atoms with van der Waals surface area (Å²) in [6.07, 6.45) is 1.73. The summed E-state index contributed by atoms with van der Waals surface area (Å²) in [5.74, 6) is -0.934. The summed E-state index contributed by atoms with van der Waals surface area (Å²) in [6, 6.07) is 7.56. The van der Waals surface area contributed by atoms with Crippen molar-refractivity contribution in [2.24, 2.45) is 0 Å². The van der Waals surface area contributed by atoms with Crippen LogP contribution >= 0.6 is 0 Å². The third-order valence-electron chi connectivity index (χ3n) is 3.01. The first-order chi connectivity index (χ1) is 8.18. The molecule has 0 fully saturated rings. The zero-order chi connectivity index (χ0) is 12.0. The molecule has 0 radical (unpaired) electrons. The van der Waals surface area contributed by atoms with Crippen molar-refractivity contribution in [3.05, 3.63) is 41.7 Å². The van der Waals surface area contributed by atoms with E-state index in [1.807, 2.05) is 31.2 Å². The number of aromatic nitrogens is 2. The number of hydrogen-bond donors (Lipinski definition) is 2. The number of benzene rings is 1. The lowest BCUT2D eigenvalue weighted by atomic mass is 10.1. The maximum Gasteiger partial charge on any atom is 0.352 e. The molecule has 0 aliphatic carbocycles. The molecule has 0 spiro atoms. The van der Waals surface area contributed by atoms with Gasteiger partial charge in [-0.2, -0.15) is 0 Å². The SMILES string of the molecule is Cc1c(C(=O)O)[nH]c2ccc3ncccc3c12. The van der Waals surface area contributed by atoms with E-state index in [-0.39, 0.29) is 5.69 Å². The number of aryl methyl sites for hydroxylation is 1. The number of nitrogens with zero attached hydrogens (tertiary/aromatic N) is 1. The molecule has 2 N–H and O–H groups in total.